The van der Waals surface area contributed by atoms with Crippen LogP contribution in [0.3, 0.4) is 0 Å². The lowest BCUT2D eigenvalue weighted by Gasteiger charge is -2.25. The van der Waals surface area contributed by atoms with E-state index in [-0.39, 0.29) is 31.1 Å². The summed E-state index contributed by atoms with van der Waals surface area (Å²) in [7, 11) is 0. The number of nitrogens with zero attached hydrogens (tertiary/aromatic N) is 1. The fourth-order valence-electron chi connectivity index (χ4n) is 2.27. The molecule has 0 spiro atoms. The molecule has 0 aromatic carbocycles. The van der Waals surface area contributed by atoms with Crippen molar-refractivity contribution in [1.29, 1.82) is 0 Å². The Morgan fingerprint density at radius 2 is 1.60 bits per heavy atom. The maximum absolute atomic E-state index is 12.7. The average molecular weight is 448 g/mol. The van der Waals surface area contributed by atoms with Gasteiger partial charge in [0, 0.05) is 18.6 Å². The first-order valence-corrected chi connectivity index (χ1v) is 10.5. The van der Waals surface area contributed by atoms with E-state index in [2.05, 4.69) is 17.9 Å². The largest absolute Gasteiger partial charge is 0.462 e. The Labute approximate surface area is 182 Å². The van der Waals surface area contributed by atoms with E-state index in [1.807, 2.05) is 0 Å². The molecule has 0 rings (SSSR count). The Hall–Kier alpha value is -2.14. The van der Waals surface area contributed by atoms with E-state index >= 15 is 0 Å². The minimum atomic E-state index is -1.14. The van der Waals surface area contributed by atoms with Crippen LogP contribution in [0.2, 0.25) is 0 Å². The van der Waals surface area contributed by atoms with Crippen LogP contribution in [0.4, 0.5) is 0 Å². The van der Waals surface area contributed by atoms with Gasteiger partial charge in [-0.3, -0.25) is 28.9 Å². The lowest BCUT2D eigenvalue weighted by molar-refractivity contribution is -0.158. The van der Waals surface area contributed by atoms with Crippen molar-refractivity contribution in [2.45, 2.75) is 78.2 Å². The summed E-state index contributed by atoms with van der Waals surface area (Å²) in [5.41, 5.74) is 5.70. The molecule has 0 aromatic heterocycles. The Balaban J connectivity index is 4.98. The van der Waals surface area contributed by atoms with E-state index in [0.29, 0.717) is 0 Å². The van der Waals surface area contributed by atoms with Gasteiger partial charge in [0.05, 0.1) is 12.2 Å². The van der Waals surface area contributed by atoms with Gasteiger partial charge in [0.1, 0.15) is 18.6 Å². The lowest BCUT2D eigenvalue weighted by atomic mass is 10.1. The molecule has 11 heteroatoms. The Morgan fingerprint density at radius 1 is 1.03 bits per heavy atom. The summed E-state index contributed by atoms with van der Waals surface area (Å²) in [6, 6.07) is -2.12. The van der Waals surface area contributed by atoms with Crippen LogP contribution in [0.25, 0.3) is 0 Å². The van der Waals surface area contributed by atoms with Crippen molar-refractivity contribution in [3.05, 3.63) is 0 Å². The molecule has 3 amide bonds. The maximum Gasteiger partial charge on any atom is 0.326 e. The van der Waals surface area contributed by atoms with Crippen molar-refractivity contribution in [3.8, 4) is 0 Å². The van der Waals surface area contributed by atoms with Crippen LogP contribution in [0, 0.1) is 0 Å². The first-order chi connectivity index (χ1) is 13.9. The Kier molecular flexibility index (Phi) is 13.0. The van der Waals surface area contributed by atoms with E-state index in [1.165, 1.54) is 0 Å². The van der Waals surface area contributed by atoms with Gasteiger partial charge >= 0.3 is 11.9 Å². The third kappa shape index (κ3) is 10.6. The number of nitrogens with one attached hydrogen (secondary N) is 1. The van der Waals surface area contributed by atoms with Gasteiger partial charge in [-0.05, 0) is 34.1 Å². The summed E-state index contributed by atoms with van der Waals surface area (Å²) in [6.07, 6.45) is -0.862. The van der Waals surface area contributed by atoms with Crippen molar-refractivity contribution in [2.24, 2.45) is 5.73 Å². The molecule has 0 heterocycles. The van der Waals surface area contributed by atoms with Gasteiger partial charge in [0.15, 0.2) is 0 Å². The van der Waals surface area contributed by atoms with Gasteiger partial charge in [-0.1, -0.05) is 6.92 Å². The van der Waals surface area contributed by atoms with Crippen LogP contribution in [-0.4, -0.2) is 71.1 Å². The first-order valence-electron chi connectivity index (χ1n) is 9.82. The number of thiol groups is 1. The molecule has 0 saturated heterocycles. The maximum atomic E-state index is 12.7. The molecule has 30 heavy (non-hydrogen) atoms. The smallest absolute Gasteiger partial charge is 0.326 e. The molecule has 0 aliphatic rings. The molecule has 2 unspecified atom stereocenters. The van der Waals surface area contributed by atoms with Gasteiger partial charge in [-0.25, -0.2) is 0 Å². The second-order valence-corrected chi connectivity index (χ2v) is 7.51. The number of ether oxygens (including phenoxy) is 2. The van der Waals surface area contributed by atoms with E-state index in [0.717, 1.165) is 4.90 Å². The molecule has 0 aliphatic carbocycles. The number of imide groups is 1. The van der Waals surface area contributed by atoms with Gasteiger partial charge in [-0.2, -0.15) is 12.6 Å². The summed E-state index contributed by atoms with van der Waals surface area (Å²) >= 11 is 4.06. The van der Waals surface area contributed by atoms with Crippen LogP contribution < -0.4 is 11.1 Å². The van der Waals surface area contributed by atoms with Gasteiger partial charge in [-0.15, -0.1) is 0 Å². The second kappa shape index (κ2) is 14.0. The molecule has 0 aliphatic heterocycles. The number of amides is 3. The molecule has 172 valence electrons. The van der Waals surface area contributed by atoms with Crippen LogP contribution in [0.1, 0.15) is 53.9 Å². The van der Waals surface area contributed by atoms with E-state index in [1.54, 1.807) is 34.6 Å². The summed E-state index contributed by atoms with van der Waals surface area (Å²) < 4.78 is 9.95. The van der Waals surface area contributed by atoms with Gasteiger partial charge in [0.2, 0.25) is 11.8 Å². The van der Waals surface area contributed by atoms with Crippen LogP contribution >= 0.6 is 12.6 Å². The molecule has 0 aromatic rings. The number of carbonyl (C=O) groups is 5. The number of hydrogen-bond donors (Lipinski definition) is 3. The lowest BCUT2D eigenvalue weighted by Crippen LogP contribution is -2.53. The topological polar surface area (TPSA) is 145 Å². The van der Waals surface area contributed by atoms with Gasteiger partial charge in [0.25, 0.3) is 5.91 Å². The Morgan fingerprint density at radius 3 is 2.07 bits per heavy atom. The molecule has 3 N–H and O–H groups in total. The predicted octanol–water partition coefficient (Wildman–Crippen LogP) is 0.177. The third-order valence-corrected chi connectivity index (χ3v) is 4.04. The van der Waals surface area contributed by atoms with Crippen molar-refractivity contribution in [1.82, 2.24) is 10.2 Å². The SMILES string of the molecule is CCC(=O)N(CC(=O)OC(C)C)C(=O)C(CS)NC(=O)CCC(N)C(=O)OC(C)C. The molecule has 0 fully saturated rings. The standard InChI is InChI=1S/C19H33N3O7S/c1-6-16(24)22(9-17(25)28-11(2)3)18(26)14(10-30)21-15(23)8-7-13(20)19(27)29-12(4)5/h11-14,30H,6-10,20H2,1-5H3,(H,21,23). The summed E-state index contributed by atoms with van der Waals surface area (Å²) in [5, 5.41) is 2.46. The number of hydrogen-bond acceptors (Lipinski definition) is 9. The van der Waals surface area contributed by atoms with Crippen LogP contribution in [0.15, 0.2) is 0 Å². The highest BCUT2D eigenvalue weighted by Gasteiger charge is 2.31. The van der Waals surface area contributed by atoms with E-state index in [4.69, 9.17) is 15.2 Å². The number of carbonyl (C=O) groups excluding carboxylic acids is 5. The molecule has 0 bridgehead atoms. The number of esters is 2. The van der Waals surface area contributed by atoms with E-state index in [9.17, 15) is 24.0 Å². The van der Waals surface area contributed by atoms with Crippen molar-refractivity contribution in [3.63, 3.8) is 0 Å². The summed E-state index contributed by atoms with van der Waals surface area (Å²) in [5.74, 6) is -3.36. The Bertz CT molecular complexity index is 625. The minimum absolute atomic E-state index is 0.0131. The predicted molar refractivity (Wildman–Crippen MR) is 112 cm³/mol. The normalized spacial score (nSPS) is 12.8. The van der Waals surface area contributed by atoms with Crippen molar-refractivity contribution >= 4 is 42.3 Å². The highest BCUT2D eigenvalue weighted by molar-refractivity contribution is 7.80. The molecule has 2 atom stereocenters. The van der Waals surface area contributed by atoms with Crippen LogP contribution in [0.5, 0.6) is 0 Å². The van der Waals surface area contributed by atoms with Crippen molar-refractivity contribution in [2.75, 3.05) is 12.3 Å². The molecular weight excluding hydrogens is 414 g/mol. The van der Waals surface area contributed by atoms with Gasteiger partial charge < -0.3 is 20.5 Å². The fraction of sp³-hybridized carbons (Fsp3) is 0.737. The highest BCUT2D eigenvalue weighted by Crippen LogP contribution is 2.05. The third-order valence-electron chi connectivity index (χ3n) is 3.68. The fourth-order valence-corrected chi connectivity index (χ4v) is 2.52. The molecule has 0 radical (unpaired) electrons. The van der Waals surface area contributed by atoms with Crippen LogP contribution in [-0.2, 0) is 33.4 Å². The monoisotopic (exact) mass is 447 g/mol. The summed E-state index contributed by atoms with van der Waals surface area (Å²) in [4.78, 5) is 61.4. The molecule has 10 nitrogen and oxygen atoms in total. The zero-order chi connectivity index (χ0) is 23.4. The minimum Gasteiger partial charge on any atom is -0.462 e. The van der Waals surface area contributed by atoms with Crippen molar-refractivity contribution < 1.29 is 33.4 Å². The molecule has 0 saturated carbocycles. The molecular formula is C19H33N3O7S. The summed E-state index contributed by atoms with van der Waals surface area (Å²) in [6.45, 7) is 7.63. The highest BCUT2D eigenvalue weighted by atomic mass is 32.1. The number of rotatable bonds is 12. The number of nitrogens with two attached hydrogens (primary N) is 1. The first kappa shape index (κ1) is 27.9. The second-order valence-electron chi connectivity index (χ2n) is 7.14. The zero-order valence-corrected chi connectivity index (χ0v) is 19.1. The average Bonchev–Trinajstić information content (AvgIpc) is 2.66. The zero-order valence-electron chi connectivity index (χ0n) is 18.2. The van der Waals surface area contributed by atoms with E-state index < -0.39 is 54.4 Å². The quantitative estimate of drug-likeness (QED) is 0.284.